The summed E-state index contributed by atoms with van der Waals surface area (Å²) in [5.41, 5.74) is 1.72. The van der Waals surface area contributed by atoms with E-state index in [9.17, 15) is 4.57 Å². The first-order valence-corrected chi connectivity index (χ1v) is 8.14. The largest absolute Gasteiger partial charge is 0.361 e. The smallest absolute Gasteiger partial charge is 0.305 e. The third kappa shape index (κ3) is 3.15. The molecule has 106 valence electrons. The Morgan fingerprint density at radius 1 is 1.05 bits per heavy atom. The number of rotatable bonds is 6. The molecule has 0 aliphatic heterocycles. The van der Waals surface area contributed by atoms with Crippen LogP contribution in [0.2, 0.25) is 0 Å². The summed E-state index contributed by atoms with van der Waals surface area (Å²) >= 11 is 0. The Morgan fingerprint density at radius 3 is 2.35 bits per heavy atom. The van der Waals surface area contributed by atoms with E-state index in [1.807, 2.05) is 30.3 Å². The van der Waals surface area contributed by atoms with Gasteiger partial charge in [0.05, 0.1) is 18.5 Å². The number of aromatic nitrogens is 1. The molecule has 0 atom stereocenters. The first-order chi connectivity index (χ1) is 9.71. The molecule has 0 fully saturated rings. The molecule has 1 aromatic heterocycles. The first kappa shape index (κ1) is 14.9. The summed E-state index contributed by atoms with van der Waals surface area (Å²) < 4.78 is 23.8. The van der Waals surface area contributed by atoms with Crippen molar-refractivity contribution in [1.29, 1.82) is 0 Å². The van der Waals surface area contributed by atoms with Crippen LogP contribution in [0.4, 0.5) is 0 Å². The van der Waals surface area contributed by atoms with Crippen LogP contribution in [0.1, 0.15) is 13.8 Å². The topological polar surface area (TPSA) is 48.4 Å². The minimum absolute atomic E-state index is 0.332. The molecule has 0 N–H and O–H groups in total. The van der Waals surface area contributed by atoms with Crippen LogP contribution in [-0.2, 0) is 13.6 Å². The summed E-state index contributed by atoms with van der Waals surface area (Å²) in [7, 11) is -3.30. The lowest BCUT2D eigenvalue weighted by Gasteiger charge is -2.20. The molecule has 0 aliphatic carbocycles. The van der Waals surface area contributed by atoms with Crippen molar-refractivity contribution in [2.24, 2.45) is 0 Å². The van der Waals surface area contributed by atoms with Crippen molar-refractivity contribution in [3.05, 3.63) is 48.8 Å². The van der Waals surface area contributed by atoms with Gasteiger partial charge in [0.2, 0.25) is 0 Å². The number of benzene rings is 1. The molecule has 0 aliphatic rings. The van der Waals surface area contributed by atoms with Crippen molar-refractivity contribution in [2.75, 3.05) is 13.2 Å². The zero-order valence-corrected chi connectivity index (χ0v) is 12.5. The average Bonchev–Trinajstić information content (AvgIpc) is 2.49. The molecule has 5 heteroatoms. The maximum absolute atomic E-state index is 12.9. The van der Waals surface area contributed by atoms with Crippen LogP contribution in [0.15, 0.2) is 48.8 Å². The van der Waals surface area contributed by atoms with Crippen molar-refractivity contribution in [3.8, 4) is 11.1 Å². The zero-order chi connectivity index (χ0) is 14.4. The summed E-state index contributed by atoms with van der Waals surface area (Å²) in [6, 6.07) is 11.2. The Morgan fingerprint density at radius 2 is 1.75 bits per heavy atom. The lowest BCUT2D eigenvalue weighted by atomic mass is 10.1. The third-order valence-corrected chi connectivity index (χ3v) is 4.95. The van der Waals surface area contributed by atoms with Gasteiger partial charge in [-0.25, -0.2) is 0 Å². The molecule has 1 aromatic carbocycles. The van der Waals surface area contributed by atoms with Gasteiger partial charge >= 0.3 is 7.60 Å². The summed E-state index contributed by atoms with van der Waals surface area (Å²) in [5.74, 6) is 0. The molecule has 0 radical (unpaired) electrons. The molecule has 0 amide bonds. The quantitative estimate of drug-likeness (QED) is 0.762. The summed E-state index contributed by atoms with van der Waals surface area (Å²) in [6.45, 7) is 4.27. The van der Waals surface area contributed by atoms with Gasteiger partial charge in [-0.05, 0) is 31.5 Å². The minimum Gasteiger partial charge on any atom is -0.305 e. The van der Waals surface area contributed by atoms with E-state index < -0.39 is 7.60 Å². The van der Waals surface area contributed by atoms with Gasteiger partial charge in [0.1, 0.15) is 0 Å². The molecule has 20 heavy (non-hydrogen) atoms. The zero-order valence-electron chi connectivity index (χ0n) is 11.7. The van der Waals surface area contributed by atoms with E-state index in [1.54, 1.807) is 32.3 Å². The van der Waals surface area contributed by atoms with E-state index in [-0.39, 0.29) is 0 Å². The van der Waals surface area contributed by atoms with Crippen LogP contribution in [0.5, 0.6) is 0 Å². The van der Waals surface area contributed by atoms with Crippen molar-refractivity contribution in [2.45, 2.75) is 13.8 Å². The summed E-state index contributed by atoms with van der Waals surface area (Å²) in [6.07, 6.45) is 3.44. The van der Waals surface area contributed by atoms with E-state index in [2.05, 4.69) is 4.98 Å². The molecular weight excluding hydrogens is 273 g/mol. The highest BCUT2D eigenvalue weighted by molar-refractivity contribution is 7.62. The lowest BCUT2D eigenvalue weighted by molar-refractivity contribution is 0.230. The molecule has 0 unspecified atom stereocenters. The molecule has 2 rings (SSSR count). The van der Waals surface area contributed by atoms with Gasteiger partial charge in [-0.1, -0.05) is 24.3 Å². The van der Waals surface area contributed by atoms with E-state index in [0.717, 1.165) is 11.1 Å². The Labute approximate surface area is 119 Å². The van der Waals surface area contributed by atoms with E-state index >= 15 is 0 Å². The fourth-order valence-corrected chi connectivity index (χ4v) is 3.79. The normalized spacial score (nSPS) is 11.5. The highest BCUT2D eigenvalue weighted by Gasteiger charge is 2.29. The lowest BCUT2D eigenvalue weighted by Crippen LogP contribution is -2.13. The predicted molar refractivity (Wildman–Crippen MR) is 80.2 cm³/mol. The van der Waals surface area contributed by atoms with Crippen molar-refractivity contribution >= 4 is 12.9 Å². The highest BCUT2D eigenvalue weighted by atomic mass is 31.2. The number of hydrogen-bond donors (Lipinski definition) is 0. The van der Waals surface area contributed by atoms with E-state index in [1.165, 1.54) is 0 Å². The number of nitrogens with zero attached hydrogens (tertiary/aromatic N) is 1. The van der Waals surface area contributed by atoms with Crippen LogP contribution < -0.4 is 5.30 Å². The van der Waals surface area contributed by atoms with Crippen LogP contribution in [0.25, 0.3) is 11.1 Å². The Hall–Kier alpha value is -1.48. The van der Waals surface area contributed by atoms with Gasteiger partial charge in [0, 0.05) is 18.0 Å². The van der Waals surface area contributed by atoms with E-state index in [0.29, 0.717) is 18.5 Å². The van der Waals surface area contributed by atoms with E-state index in [4.69, 9.17) is 9.05 Å². The van der Waals surface area contributed by atoms with Gasteiger partial charge in [-0.2, -0.15) is 0 Å². The first-order valence-electron chi connectivity index (χ1n) is 6.60. The molecule has 0 saturated heterocycles. The Bertz CT molecular complexity index is 591. The van der Waals surface area contributed by atoms with Crippen LogP contribution in [-0.4, -0.2) is 18.2 Å². The maximum atomic E-state index is 12.9. The second-order valence-corrected chi connectivity index (χ2v) is 6.09. The molecule has 0 spiro atoms. The molecule has 1 heterocycles. The van der Waals surface area contributed by atoms with Crippen LogP contribution in [0.3, 0.4) is 0 Å². The van der Waals surface area contributed by atoms with Crippen LogP contribution in [0, 0.1) is 0 Å². The number of hydrogen-bond acceptors (Lipinski definition) is 4. The monoisotopic (exact) mass is 291 g/mol. The maximum Gasteiger partial charge on any atom is 0.361 e. The fourth-order valence-electron chi connectivity index (χ4n) is 1.99. The summed E-state index contributed by atoms with van der Waals surface area (Å²) in [5, 5.41) is 0.580. The Balaban J connectivity index is 2.54. The van der Waals surface area contributed by atoms with Crippen molar-refractivity contribution < 1.29 is 13.6 Å². The second-order valence-electron chi connectivity index (χ2n) is 4.09. The van der Waals surface area contributed by atoms with Gasteiger partial charge in [-0.3, -0.25) is 9.55 Å². The minimum atomic E-state index is -3.30. The molecule has 0 bridgehead atoms. The molecule has 4 nitrogen and oxygen atoms in total. The summed E-state index contributed by atoms with van der Waals surface area (Å²) in [4.78, 5) is 4.10. The van der Waals surface area contributed by atoms with Crippen molar-refractivity contribution in [3.63, 3.8) is 0 Å². The average molecular weight is 291 g/mol. The second kappa shape index (κ2) is 6.80. The van der Waals surface area contributed by atoms with Gasteiger partial charge < -0.3 is 9.05 Å². The third-order valence-electron chi connectivity index (χ3n) is 2.77. The van der Waals surface area contributed by atoms with Crippen LogP contribution >= 0.6 is 7.60 Å². The standard InChI is InChI=1S/C15H18NO3P/c1-3-18-20(17,19-4-2)15-10-6-5-9-14(15)13-8-7-11-16-12-13/h5-12H,3-4H2,1-2H3. The molecular formula is C15H18NO3P. The number of pyridine rings is 1. The van der Waals surface area contributed by atoms with Gasteiger partial charge in [-0.15, -0.1) is 0 Å². The Kier molecular flexibility index (Phi) is 5.07. The highest BCUT2D eigenvalue weighted by Crippen LogP contribution is 2.49. The fraction of sp³-hybridized carbons (Fsp3) is 0.267. The predicted octanol–water partition coefficient (Wildman–Crippen LogP) is 3.64. The molecule has 0 saturated carbocycles. The van der Waals surface area contributed by atoms with Crippen molar-refractivity contribution in [1.82, 2.24) is 4.98 Å². The van der Waals surface area contributed by atoms with Gasteiger partial charge in [0.25, 0.3) is 0 Å². The molecule has 2 aromatic rings. The SMILES string of the molecule is CCOP(=O)(OCC)c1ccccc1-c1cccnc1. The van der Waals surface area contributed by atoms with Gasteiger partial charge in [0.15, 0.2) is 0 Å².